The highest BCUT2D eigenvalue weighted by molar-refractivity contribution is 5.78. The van der Waals surface area contributed by atoms with Gasteiger partial charge in [0, 0.05) is 11.7 Å². The minimum absolute atomic E-state index is 0.0821. The molecule has 0 bridgehead atoms. The van der Waals surface area contributed by atoms with Gasteiger partial charge >= 0.3 is 0 Å². The van der Waals surface area contributed by atoms with Crippen molar-refractivity contribution in [3.63, 3.8) is 0 Å². The molecule has 0 aromatic carbocycles. The number of carbonyl (C=O) groups excluding carboxylic acids is 1. The third-order valence-corrected chi connectivity index (χ3v) is 2.38. The molecule has 1 atom stereocenters. The fourth-order valence-electron chi connectivity index (χ4n) is 1.39. The number of carbonyl (C=O) groups is 1. The summed E-state index contributed by atoms with van der Waals surface area (Å²) in [6.45, 7) is 1.93. The monoisotopic (exact) mass is 232 g/mol. The molecule has 0 aliphatic heterocycles. The van der Waals surface area contributed by atoms with Gasteiger partial charge in [-0.2, -0.15) is 5.26 Å². The fraction of sp³-hybridized carbons (Fsp3) is 0.417. The minimum Gasteiger partial charge on any atom is -0.397 e. The smallest absolute Gasteiger partial charge is 0.226 e. The Bertz CT molecular complexity index is 408. The summed E-state index contributed by atoms with van der Waals surface area (Å²) in [6, 6.07) is 5.40. The van der Waals surface area contributed by atoms with Gasteiger partial charge in [0.05, 0.1) is 30.8 Å². The number of amides is 1. The summed E-state index contributed by atoms with van der Waals surface area (Å²) >= 11 is 0. The Morgan fingerprint density at radius 2 is 2.41 bits per heavy atom. The van der Waals surface area contributed by atoms with Crippen LogP contribution in [0.3, 0.4) is 0 Å². The lowest BCUT2D eigenvalue weighted by Crippen LogP contribution is -2.35. The van der Waals surface area contributed by atoms with Gasteiger partial charge in [-0.25, -0.2) is 0 Å². The number of nitriles is 1. The molecule has 17 heavy (non-hydrogen) atoms. The van der Waals surface area contributed by atoms with Gasteiger partial charge in [-0.1, -0.05) is 6.92 Å². The van der Waals surface area contributed by atoms with Crippen molar-refractivity contribution >= 4 is 11.6 Å². The van der Waals surface area contributed by atoms with Crippen LogP contribution in [0.1, 0.15) is 25.5 Å². The predicted molar refractivity (Wildman–Crippen MR) is 64.8 cm³/mol. The summed E-state index contributed by atoms with van der Waals surface area (Å²) in [6.07, 6.45) is 2.81. The number of nitrogens with two attached hydrogens (primary N) is 1. The number of anilines is 1. The number of rotatable bonds is 5. The highest BCUT2D eigenvalue weighted by atomic mass is 16.1. The second-order valence-corrected chi connectivity index (χ2v) is 3.79. The van der Waals surface area contributed by atoms with E-state index >= 15 is 0 Å². The van der Waals surface area contributed by atoms with Crippen molar-refractivity contribution in [3.05, 3.63) is 24.0 Å². The second-order valence-electron chi connectivity index (χ2n) is 3.79. The zero-order chi connectivity index (χ0) is 12.7. The van der Waals surface area contributed by atoms with Crippen LogP contribution in [-0.4, -0.2) is 16.9 Å². The van der Waals surface area contributed by atoms with Crippen LogP contribution < -0.4 is 11.1 Å². The van der Waals surface area contributed by atoms with Crippen LogP contribution in [0.5, 0.6) is 0 Å². The number of nitrogen functional groups attached to an aromatic ring is 1. The number of nitrogens with zero attached hydrogens (tertiary/aromatic N) is 2. The van der Waals surface area contributed by atoms with Gasteiger partial charge in [0.25, 0.3) is 0 Å². The maximum atomic E-state index is 11.6. The van der Waals surface area contributed by atoms with Crippen LogP contribution >= 0.6 is 0 Å². The van der Waals surface area contributed by atoms with Gasteiger partial charge in [0.2, 0.25) is 5.91 Å². The van der Waals surface area contributed by atoms with Gasteiger partial charge in [-0.3, -0.25) is 9.78 Å². The standard InChI is InChI=1S/C12H16N4O/c1-2-10(5-6-13)16-12(17)7-11-4-3-9(14)8-15-11/h3-4,8,10H,2,5,7,14H2,1H3,(H,16,17). The Labute approximate surface area is 101 Å². The first-order valence-corrected chi connectivity index (χ1v) is 5.52. The lowest BCUT2D eigenvalue weighted by molar-refractivity contribution is -0.121. The molecule has 0 saturated heterocycles. The van der Waals surface area contributed by atoms with Crippen LogP contribution in [0.25, 0.3) is 0 Å². The Balaban J connectivity index is 2.49. The summed E-state index contributed by atoms with van der Waals surface area (Å²) in [4.78, 5) is 15.7. The second kappa shape index (κ2) is 6.48. The molecule has 5 nitrogen and oxygen atoms in total. The molecule has 3 N–H and O–H groups in total. The summed E-state index contributed by atoms with van der Waals surface area (Å²) in [7, 11) is 0. The molecule has 90 valence electrons. The zero-order valence-corrected chi connectivity index (χ0v) is 9.81. The van der Waals surface area contributed by atoms with E-state index in [9.17, 15) is 4.79 Å². The summed E-state index contributed by atoms with van der Waals surface area (Å²) < 4.78 is 0. The van der Waals surface area contributed by atoms with Crippen molar-refractivity contribution in [2.45, 2.75) is 32.2 Å². The lowest BCUT2D eigenvalue weighted by Gasteiger charge is -2.13. The molecular weight excluding hydrogens is 216 g/mol. The van der Waals surface area contributed by atoms with Gasteiger partial charge in [0.1, 0.15) is 0 Å². The van der Waals surface area contributed by atoms with Crippen LogP contribution in [0.2, 0.25) is 0 Å². The van der Waals surface area contributed by atoms with E-state index in [1.54, 1.807) is 12.1 Å². The van der Waals surface area contributed by atoms with Crippen molar-refractivity contribution in [2.75, 3.05) is 5.73 Å². The molecule has 0 saturated carbocycles. The molecule has 1 aromatic heterocycles. The Kier molecular flexibility index (Phi) is 4.95. The average Bonchev–Trinajstić information content (AvgIpc) is 2.31. The molecule has 1 aromatic rings. The quantitative estimate of drug-likeness (QED) is 0.792. The summed E-state index contributed by atoms with van der Waals surface area (Å²) in [5.74, 6) is -0.121. The highest BCUT2D eigenvalue weighted by Gasteiger charge is 2.10. The SMILES string of the molecule is CCC(CC#N)NC(=O)Cc1ccc(N)cn1. The van der Waals surface area contributed by atoms with Crippen molar-refractivity contribution in [2.24, 2.45) is 0 Å². The van der Waals surface area contributed by atoms with Crippen molar-refractivity contribution in [3.8, 4) is 6.07 Å². The number of hydrogen-bond donors (Lipinski definition) is 2. The first kappa shape index (κ1) is 13.0. The maximum absolute atomic E-state index is 11.6. The number of pyridine rings is 1. The lowest BCUT2D eigenvalue weighted by atomic mass is 10.1. The number of aromatic nitrogens is 1. The van der Waals surface area contributed by atoms with Crippen LogP contribution in [-0.2, 0) is 11.2 Å². The molecule has 0 radical (unpaired) electrons. The van der Waals surface area contributed by atoms with E-state index in [1.807, 2.05) is 13.0 Å². The first-order chi connectivity index (χ1) is 8.15. The number of hydrogen-bond acceptors (Lipinski definition) is 4. The van der Waals surface area contributed by atoms with Crippen LogP contribution in [0.4, 0.5) is 5.69 Å². The third kappa shape index (κ3) is 4.51. The molecule has 1 unspecified atom stereocenters. The Morgan fingerprint density at radius 3 is 2.94 bits per heavy atom. The Hall–Kier alpha value is -2.09. The van der Waals surface area contributed by atoms with Crippen molar-refractivity contribution in [1.29, 1.82) is 5.26 Å². The molecular formula is C12H16N4O. The van der Waals surface area contributed by atoms with Gasteiger partial charge in [0.15, 0.2) is 0 Å². The molecule has 0 aliphatic rings. The number of nitrogens with one attached hydrogen (secondary N) is 1. The van der Waals surface area contributed by atoms with E-state index in [2.05, 4.69) is 10.3 Å². The molecule has 0 aliphatic carbocycles. The van der Waals surface area contributed by atoms with Crippen molar-refractivity contribution < 1.29 is 4.79 Å². The van der Waals surface area contributed by atoms with E-state index in [1.165, 1.54) is 6.20 Å². The largest absolute Gasteiger partial charge is 0.397 e. The van der Waals surface area contributed by atoms with Crippen LogP contribution in [0.15, 0.2) is 18.3 Å². The molecule has 5 heteroatoms. The van der Waals surface area contributed by atoms with Gasteiger partial charge < -0.3 is 11.1 Å². The summed E-state index contributed by atoms with van der Waals surface area (Å²) in [5, 5.41) is 11.4. The third-order valence-electron chi connectivity index (χ3n) is 2.38. The molecule has 1 rings (SSSR count). The van der Waals surface area contributed by atoms with E-state index in [0.29, 0.717) is 17.8 Å². The zero-order valence-electron chi connectivity index (χ0n) is 9.81. The topological polar surface area (TPSA) is 91.8 Å². The van der Waals surface area contributed by atoms with E-state index in [4.69, 9.17) is 11.0 Å². The minimum atomic E-state index is -0.121. The van der Waals surface area contributed by atoms with Crippen LogP contribution in [0, 0.1) is 11.3 Å². The average molecular weight is 232 g/mol. The normalized spacial score (nSPS) is 11.5. The molecule has 1 heterocycles. The summed E-state index contributed by atoms with van der Waals surface area (Å²) in [5.41, 5.74) is 6.74. The molecule has 0 spiro atoms. The maximum Gasteiger partial charge on any atom is 0.226 e. The van der Waals surface area contributed by atoms with Gasteiger partial charge in [-0.05, 0) is 18.6 Å². The van der Waals surface area contributed by atoms with E-state index in [-0.39, 0.29) is 18.4 Å². The van der Waals surface area contributed by atoms with E-state index < -0.39 is 0 Å². The first-order valence-electron chi connectivity index (χ1n) is 5.52. The molecule has 0 fully saturated rings. The highest BCUT2D eigenvalue weighted by Crippen LogP contribution is 2.03. The van der Waals surface area contributed by atoms with Crippen molar-refractivity contribution in [1.82, 2.24) is 10.3 Å². The molecule has 1 amide bonds. The predicted octanol–water partition coefficient (Wildman–Crippen LogP) is 1.01. The Morgan fingerprint density at radius 1 is 1.65 bits per heavy atom. The fourth-order valence-corrected chi connectivity index (χ4v) is 1.39. The van der Waals surface area contributed by atoms with Gasteiger partial charge in [-0.15, -0.1) is 0 Å². The van der Waals surface area contributed by atoms with E-state index in [0.717, 1.165) is 6.42 Å².